The van der Waals surface area contributed by atoms with Gasteiger partial charge in [-0.3, -0.25) is 0 Å². The highest BCUT2D eigenvalue weighted by molar-refractivity contribution is 5.75. The monoisotopic (exact) mass is 505 g/mol. The van der Waals surface area contributed by atoms with E-state index in [0.717, 1.165) is 41.1 Å². The fraction of sp³-hybridized carbons (Fsp3) is 0.636. The van der Waals surface area contributed by atoms with Crippen molar-refractivity contribution in [2.75, 3.05) is 6.61 Å². The van der Waals surface area contributed by atoms with E-state index >= 15 is 0 Å². The summed E-state index contributed by atoms with van der Waals surface area (Å²) in [7, 11) is 0. The number of rotatable bonds is 19. The van der Waals surface area contributed by atoms with E-state index in [4.69, 9.17) is 14.9 Å². The summed E-state index contributed by atoms with van der Waals surface area (Å²) in [5, 5.41) is 9.46. The van der Waals surface area contributed by atoms with Gasteiger partial charge in [-0.2, -0.15) is 0 Å². The smallest absolute Gasteiger partial charge is 0.149 e. The molecule has 0 bridgehead atoms. The molecule has 0 fully saturated rings. The second-order valence-electron chi connectivity index (χ2n) is 11.1. The molecule has 2 aromatic carbocycles. The van der Waals surface area contributed by atoms with Crippen LogP contribution in [0.4, 0.5) is 0 Å². The van der Waals surface area contributed by atoms with Crippen molar-refractivity contribution >= 4 is 11.0 Å². The van der Waals surface area contributed by atoms with Crippen LogP contribution in [0.3, 0.4) is 0 Å². The minimum Gasteiger partial charge on any atom is -0.491 e. The van der Waals surface area contributed by atoms with Crippen molar-refractivity contribution < 1.29 is 4.74 Å². The molecule has 0 aliphatic carbocycles. The van der Waals surface area contributed by atoms with Gasteiger partial charge in [0, 0.05) is 0 Å². The Bertz CT molecular complexity index is 1060. The van der Waals surface area contributed by atoms with E-state index in [9.17, 15) is 0 Å². The predicted octanol–water partition coefficient (Wildman–Crippen LogP) is 9.99. The van der Waals surface area contributed by atoms with Gasteiger partial charge >= 0.3 is 0 Å². The lowest BCUT2D eigenvalue weighted by Gasteiger charge is -2.14. The van der Waals surface area contributed by atoms with Crippen molar-refractivity contribution in [1.29, 1.82) is 0 Å². The third kappa shape index (κ3) is 10.1. The molecule has 204 valence electrons. The van der Waals surface area contributed by atoms with Gasteiger partial charge in [-0.1, -0.05) is 115 Å². The van der Waals surface area contributed by atoms with E-state index in [0.29, 0.717) is 0 Å². The molecule has 1 aromatic heterocycles. The summed E-state index contributed by atoms with van der Waals surface area (Å²) in [4.78, 5) is 1.74. The first-order valence-electron chi connectivity index (χ1n) is 15.2. The van der Waals surface area contributed by atoms with Gasteiger partial charge in [0.2, 0.25) is 0 Å². The maximum absolute atomic E-state index is 6.32. The second kappa shape index (κ2) is 16.5. The summed E-state index contributed by atoms with van der Waals surface area (Å²) in [6.07, 6.45) is 22.1. The van der Waals surface area contributed by atoms with Gasteiger partial charge in [-0.05, 0) is 62.1 Å². The molecule has 1 heterocycles. The zero-order valence-electron chi connectivity index (χ0n) is 24.2. The minimum absolute atomic E-state index is 0.745. The minimum atomic E-state index is 0.745. The second-order valence-corrected chi connectivity index (χ2v) is 11.1. The molecule has 0 unspecified atom stereocenters. The lowest BCUT2D eigenvalue weighted by molar-refractivity contribution is 0.300. The Morgan fingerprint density at radius 1 is 0.595 bits per heavy atom. The van der Waals surface area contributed by atoms with Crippen molar-refractivity contribution in [2.24, 2.45) is 0 Å². The van der Waals surface area contributed by atoms with Crippen LogP contribution < -0.4 is 4.74 Å². The number of ether oxygens (including phenoxy) is 1. The van der Waals surface area contributed by atoms with Gasteiger partial charge in [0.15, 0.2) is 0 Å². The molecule has 3 rings (SSSR count). The number of hydrogen-bond acceptors (Lipinski definition) is 3. The molecule has 0 atom stereocenters. The molecule has 4 nitrogen and oxygen atoms in total. The molecular formula is C33H51N3O. The average molecular weight is 506 g/mol. The quantitative estimate of drug-likeness (QED) is 0.152. The normalized spacial score (nSPS) is 11.5. The number of unbranched alkanes of at least 4 members (excludes halogenated alkanes) is 15. The van der Waals surface area contributed by atoms with Gasteiger partial charge in [-0.25, -0.2) is 0 Å². The van der Waals surface area contributed by atoms with Crippen molar-refractivity contribution in [1.82, 2.24) is 15.0 Å². The molecule has 0 radical (unpaired) electrons. The number of aromatic nitrogens is 3. The van der Waals surface area contributed by atoms with Crippen LogP contribution >= 0.6 is 0 Å². The molecule has 0 saturated carbocycles. The molecule has 37 heavy (non-hydrogen) atoms. The van der Waals surface area contributed by atoms with Gasteiger partial charge in [0.25, 0.3) is 0 Å². The average Bonchev–Trinajstić information content (AvgIpc) is 3.29. The van der Waals surface area contributed by atoms with Crippen LogP contribution in [0, 0.1) is 20.8 Å². The fourth-order valence-electron chi connectivity index (χ4n) is 5.22. The lowest BCUT2D eigenvalue weighted by Crippen LogP contribution is -2.07. The van der Waals surface area contributed by atoms with Crippen molar-refractivity contribution in [3.63, 3.8) is 0 Å². The topological polar surface area (TPSA) is 39.9 Å². The first-order valence-corrected chi connectivity index (χ1v) is 15.2. The van der Waals surface area contributed by atoms with E-state index in [1.807, 2.05) is 6.07 Å². The lowest BCUT2D eigenvalue weighted by atomic mass is 10.0. The number of aryl methyl sites for hydroxylation is 3. The summed E-state index contributed by atoms with van der Waals surface area (Å²) in [6.45, 7) is 9.35. The molecule has 0 aliphatic heterocycles. The molecule has 0 amide bonds. The number of fused-ring (bicyclic) bond motifs is 1. The SMILES string of the molecule is CCCCCCCCCCCCCCCCCCOc1c(C)cc(C)cc1-n1nc2ccc(C)cc2n1. The molecule has 0 aliphatic rings. The van der Waals surface area contributed by atoms with E-state index in [-0.39, 0.29) is 0 Å². The number of benzene rings is 2. The number of hydrogen-bond donors (Lipinski definition) is 0. The van der Waals surface area contributed by atoms with Crippen LogP contribution in [0.2, 0.25) is 0 Å². The highest BCUT2D eigenvalue weighted by Crippen LogP contribution is 2.29. The van der Waals surface area contributed by atoms with Crippen LogP contribution in [-0.4, -0.2) is 21.6 Å². The van der Waals surface area contributed by atoms with Crippen LogP contribution in [-0.2, 0) is 0 Å². The van der Waals surface area contributed by atoms with Crippen molar-refractivity contribution in [2.45, 2.75) is 130 Å². The van der Waals surface area contributed by atoms with Gasteiger partial charge in [0.05, 0.1) is 6.61 Å². The standard InChI is InChI=1S/C33H51N3O/c1-5-6-7-8-9-10-11-12-13-14-15-16-17-18-19-20-23-37-33-29(4)24-28(3)26-32(33)36-34-30-22-21-27(2)25-31(30)35-36/h21-22,24-26H,5-20,23H2,1-4H3. The van der Waals surface area contributed by atoms with Crippen molar-refractivity contribution in [3.8, 4) is 11.4 Å². The zero-order chi connectivity index (χ0) is 26.3. The molecule has 0 saturated heterocycles. The first kappa shape index (κ1) is 29.2. The summed E-state index contributed by atoms with van der Waals surface area (Å²) in [6, 6.07) is 10.5. The summed E-state index contributed by atoms with van der Waals surface area (Å²) in [5.74, 6) is 0.906. The maximum atomic E-state index is 6.32. The Kier molecular flexibility index (Phi) is 13.0. The van der Waals surface area contributed by atoms with Crippen LogP contribution in [0.1, 0.15) is 126 Å². The Morgan fingerprint density at radius 3 is 1.73 bits per heavy atom. The van der Waals surface area contributed by atoms with Gasteiger partial charge in [0.1, 0.15) is 22.5 Å². The maximum Gasteiger partial charge on any atom is 0.149 e. The summed E-state index contributed by atoms with van der Waals surface area (Å²) < 4.78 is 6.32. The summed E-state index contributed by atoms with van der Waals surface area (Å²) >= 11 is 0. The molecule has 0 spiro atoms. The number of nitrogens with zero attached hydrogens (tertiary/aromatic N) is 3. The fourth-order valence-corrected chi connectivity index (χ4v) is 5.22. The van der Waals surface area contributed by atoms with Crippen LogP contribution in [0.5, 0.6) is 5.75 Å². The van der Waals surface area contributed by atoms with Crippen molar-refractivity contribution in [3.05, 3.63) is 47.0 Å². The largest absolute Gasteiger partial charge is 0.491 e. The van der Waals surface area contributed by atoms with E-state index in [1.165, 1.54) is 107 Å². The Balaban J connectivity index is 1.29. The Hall–Kier alpha value is -2.36. The predicted molar refractivity (Wildman–Crippen MR) is 158 cm³/mol. The zero-order valence-corrected chi connectivity index (χ0v) is 24.2. The highest BCUT2D eigenvalue weighted by atomic mass is 16.5. The molecular weight excluding hydrogens is 454 g/mol. The van der Waals surface area contributed by atoms with E-state index < -0.39 is 0 Å². The third-order valence-electron chi connectivity index (χ3n) is 7.39. The van der Waals surface area contributed by atoms with Gasteiger partial charge < -0.3 is 4.74 Å². The molecule has 0 N–H and O–H groups in total. The third-order valence-corrected chi connectivity index (χ3v) is 7.39. The van der Waals surface area contributed by atoms with E-state index in [1.54, 1.807) is 4.80 Å². The van der Waals surface area contributed by atoms with Crippen LogP contribution in [0.25, 0.3) is 16.7 Å². The summed E-state index contributed by atoms with van der Waals surface area (Å²) in [5.41, 5.74) is 6.29. The van der Waals surface area contributed by atoms with E-state index in [2.05, 4.69) is 52.0 Å². The Labute approximate surface area is 226 Å². The van der Waals surface area contributed by atoms with Gasteiger partial charge in [-0.15, -0.1) is 15.0 Å². The molecule has 3 aromatic rings. The highest BCUT2D eigenvalue weighted by Gasteiger charge is 2.14. The van der Waals surface area contributed by atoms with Crippen LogP contribution in [0.15, 0.2) is 30.3 Å². The molecule has 4 heteroatoms. The Morgan fingerprint density at radius 2 is 1.14 bits per heavy atom. The first-order chi connectivity index (χ1) is 18.1.